The summed E-state index contributed by atoms with van der Waals surface area (Å²) in [4.78, 5) is 0. The molecule has 1 nitrogen and oxygen atoms in total. The van der Waals surface area contributed by atoms with Gasteiger partial charge in [-0.2, -0.15) is 0 Å². The molecule has 1 aromatic carbocycles. The van der Waals surface area contributed by atoms with Crippen molar-refractivity contribution in [3.8, 4) is 0 Å². The van der Waals surface area contributed by atoms with Crippen LogP contribution in [0.25, 0.3) is 0 Å². The molecule has 0 unspecified atom stereocenters. The fourth-order valence-electron chi connectivity index (χ4n) is 0.927. The molecule has 0 aliphatic carbocycles. The topological polar surface area (TPSA) is 9.23 Å². The van der Waals surface area contributed by atoms with Crippen LogP contribution in [0.5, 0.6) is 0 Å². The van der Waals surface area contributed by atoms with Crippen molar-refractivity contribution < 1.29 is 4.74 Å². The second-order valence-electron chi connectivity index (χ2n) is 2.74. The standard InChI is InChI=1S/C10H14OS/c1-9-3-5-10(6-4-9)7-11-8-12-2/h3-6H,7-8H2,1-2H3. The molecule has 1 aromatic rings. The summed E-state index contributed by atoms with van der Waals surface area (Å²) in [5.41, 5.74) is 2.54. The maximum absolute atomic E-state index is 5.37. The van der Waals surface area contributed by atoms with Crippen molar-refractivity contribution in [3.63, 3.8) is 0 Å². The molecule has 0 aromatic heterocycles. The lowest BCUT2D eigenvalue weighted by atomic mass is 10.2. The molecule has 0 aliphatic heterocycles. The van der Waals surface area contributed by atoms with Gasteiger partial charge in [-0.1, -0.05) is 29.8 Å². The predicted molar refractivity (Wildman–Crippen MR) is 54.4 cm³/mol. The maximum atomic E-state index is 5.37. The van der Waals surface area contributed by atoms with Gasteiger partial charge in [0.2, 0.25) is 0 Å². The Kier molecular flexibility index (Phi) is 4.19. The van der Waals surface area contributed by atoms with Gasteiger partial charge in [0.05, 0.1) is 12.5 Å². The van der Waals surface area contributed by atoms with Crippen molar-refractivity contribution in [1.82, 2.24) is 0 Å². The van der Waals surface area contributed by atoms with Gasteiger partial charge in [-0.05, 0) is 18.7 Å². The van der Waals surface area contributed by atoms with E-state index in [2.05, 4.69) is 31.2 Å². The fraction of sp³-hybridized carbons (Fsp3) is 0.400. The van der Waals surface area contributed by atoms with E-state index in [9.17, 15) is 0 Å². The smallest absolute Gasteiger partial charge is 0.0922 e. The number of rotatable bonds is 4. The second kappa shape index (κ2) is 5.22. The Hall–Kier alpha value is -0.470. The summed E-state index contributed by atoms with van der Waals surface area (Å²) in [5.74, 6) is 0.772. The van der Waals surface area contributed by atoms with Crippen LogP contribution in [-0.2, 0) is 11.3 Å². The number of thioether (sulfide) groups is 1. The van der Waals surface area contributed by atoms with Gasteiger partial charge in [0.25, 0.3) is 0 Å². The Labute approximate surface area is 78.1 Å². The number of hydrogen-bond acceptors (Lipinski definition) is 2. The molecular weight excluding hydrogens is 168 g/mol. The lowest BCUT2D eigenvalue weighted by Gasteiger charge is -2.02. The first kappa shape index (κ1) is 9.62. The van der Waals surface area contributed by atoms with Crippen LogP contribution in [0.1, 0.15) is 11.1 Å². The van der Waals surface area contributed by atoms with E-state index in [0.717, 1.165) is 12.5 Å². The van der Waals surface area contributed by atoms with Gasteiger partial charge in [-0.15, -0.1) is 11.8 Å². The summed E-state index contributed by atoms with van der Waals surface area (Å²) in [7, 11) is 0. The van der Waals surface area contributed by atoms with E-state index in [1.165, 1.54) is 11.1 Å². The normalized spacial score (nSPS) is 10.2. The van der Waals surface area contributed by atoms with Crippen LogP contribution in [0.2, 0.25) is 0 Å². The molecule has 12 heavy (non-hydrogen) atoms. The van der Waals surface area contributed by atoms with Crippen LogP contribution in [0.15, 0.2) is 24.3 Å². The molecule has 0 spiro atoms. The lowest BCUT2D eigenvalue weighted by molar-refractivity contribution is 0.169. The van der Waals surface area contributed by atoms with Gasteiger partial charge < -0.3 is 4.74 Å². The molecule has 0 bridgehead atoms. The minimum atomic E-state index is 0.723. The van der Waals surface area contributed by atoms with E-state index in [1.54, 1.807) is 11.8 Å². The summed E-state index contributed by atoms with van der Waals surface area (Å²) in [5, 5.41) is 0. The monoisotopic (exact) mass is 182 g/mol. The number of aryl methyl sites for hydroxylation is 1. The Morgan fingerprint density at radius 2 is 1.92 bits per heavy atom. The number of ether oxygens (including phenoxy) is 1. The van der Waals surface area contributed by atoms with Crippen LogP contribution in [0.4, 0.5) is 0 Å². The first-order valence-corrected chi connectivity index (χ1v) is 5.34. The molecule has 0 N–H and O–H groups in total. The highest BCUT2D eigenvalue weighted by atomic mass is 32.2. The van der Waals surface area contributed by atoms with Gasteiger partial charge in [0.1, 0.15) is 0 Å². The van der Waals surface area contributed by atoms with Gasteiger partial charge >= 0.3 is 0 Å². The van der Waals surface area contributed by atoms with E-state index < -0.39 is 0 Å². The van der Waals surface area contributed by atoms with E-state index >= 15 is 0 Å². The van der Waals surface area contributed by atoms with Gasteiger partial charge in [-0.3, -0.25) is 0 Å². The van der Waals surface area contributed by atoms with Crippen molar-refractivity contribution in [3.05, 3.63) is 35.4 Å². The van der Waals surface area contributed by atoms with Gasteiger partial charge in [0, 0.05) is 0 Å². The van der Waals surface area contributed by atoms with E-state index in [4.69, 9.17) is 4.74 Å². The molecule has 1 rings (SSSR count). The Morgan fingerprint density at radius 1 is 1.25 bits per heavy atom. The third kappa shape index (κ3) is 3.28. The summed E-state index contributed by atoms with van der Waals surface area (Å²) >= 11 is 1.70. The Morgan fingerprint density at radius 3 is 2.50 bits per heavy atom. The molecule has 0 fully saturated rings. The summed E-state index contributed by atoms with van der Waals surface area (Å²) in [6.07, 6.45) is 2.04. The summed E-state index contributed by atoms with van der Waals surface area (Å²) in [6.45, 7) is 2.81. The van der Waals surface area contributed by atoms with Crippen LogP contribution in [0.3, 0.4) is 0 Å². The van der Waals surface area contributed by atoms with Crippen molar-refractivity contribution in [2.75, 3.05) is 12.2 Å². The van der Waals surface area contributed by atoms with Gasteiger partial charge in [-0.25, -0.2) is 0 Å². The highest BCUT2D eigenvalue weighted by Gasteiger charge is 1.91. The Bertz CT molecular complexity index is 218. The van der Waals surface area contributed by atoms with E-state index in [-0.39, 0.29) is 0 Å². The largest absolute Gasteiger partial charge is 0.366 e. The van der Waals surface area contributed by atoms with Crippen molar-refractivity contribution >= 4 is 11.8 Å². The average molecular weight is 182 g/mol. The summed E-state index contributed by atoms with van der Waals surface area (Å²) in [6, 6.07) is 8.43. The van der Waals surface area contributed by atoms with Gasteiger partial charge in [0.15, 0.2) is 0 Å². The highest BCUT2D eigenvalue weighted by molar-refractivity contribution is 7.98. The molecule has 0 saturated heterocycles. The number of hydrogen-bond donors (Lipinski definition) is 0. The second-order valence-corrected chi connectivity index (χ2v) is 3.55. The number of benzene rings is 1. The zero-order valence-corrected chi connectivity index (χ0v) is 8.36. The SMILES string of the molecule is CSCOCc1ccc(C)cc1. The molecule has 2 heteroatoms. The maximum Gasteiger partial charge on any atom is 0.0922 e. The van der Waals surface area contributed by atoms with Crippen LogP contribution >= 0.6 is 11.8 Å². The first-order chi connectivity index (χ1) is 5.83. The quantitative estimate of drug-likeness (QED) is 0.523. The van der Waals surface area contributed by atoms with Crippen LogP contribution in [-0.4, -0.2) is 12.2 Å². The highest BCUT2D eigenvalue weighted by Crippen LogP contribution is 2.05. The molecule has 0 radical (unpaired) electrons. The average Bonchev–Trinajstić information content (AvgIpc) is 2.09. The van der Waals surface area contributed by atoms with Crippen LogP contribution < -0.4 is 0 Å². The van der Waals surface area contributed by atoms with Crippen molar-refractivity contribution in [1.29, 1.82) is 0 Å². The fourth-order valence-corrected chi connectivity index (χ4v) is 1.18. The van der Waals surface area contributed by atoms with Crippen molar-refractivity contribution in [2.24, 2.45) is 0 Å². The minimum absolute atomic E-state index is 0.723. The van der Waals surface area contributed by atoms with Crippen molar-refractivity contribution in [2.45, 2.75) is 13.5 Å². The zero-order chi connectivity index (χ0) is 8.81. The minimum Gasteiger partial charge on any atom is -0.366 e. The van der Waals surface area contributed by atoms with Crippen LogP contribution in [0, 0.1) is 6.92 Å². The third-order valence-electron chi connectivity index (χ3n) is 1.59. The molecule has 0 amide bonds. The molecule has 0 atom stereocenters. The lowest BCUT2D eigenvalue weighted by Crippen LogP contribution is -1.91. The van der Waals surface area contributed by atoms with E-state index in [1.807, 2.05) is 6.26 Å². The third-order valence-corrected chi connectivity index (χ3v) is 1.99. The molecule has 0 saturated carbocycles. The zero-order valence-electron chi connectivity index (χ0n) is 7.54. The summed E-state index contributed by atoms with van der Waals surface area (Å²) < 4.78 is 5.37. The molecule has 0 heterocycles. The predicted octanol–water partition coefficient (Wildman–Crippen LogP) is 2.83. The van der Waals surface area contributed by atoms with E-state index in [0.29, 0.717) is 0 Å². The molecular formula is C10H14OS. The molecule has 66 valence electrons. The molecule has 0 aliphatic rings. The first-order valence-electron chi connectivity index (χ1n) is 3.95. The Balaban J connectivity index is 2.37.